The van der Waals surface area contributed by atoms with Crippen LogP contribution in [-0.4, -0.2) is 55.4 Å². The zero-order chi connectivity index (χ0) is 14.0. The molecule has 19 heavy (non-hydrogen) atoms. The standard InChI is InChI=1S/C13H18N2O4/c1-18-10-6-15(7-11(10)19-2)13(17)8-4-3-5-9(14)12(8)16/h3-5,10-11,16H,6-7,14H2,1-2H3. The van der Waals surface area contributed by atoms with Gasteiger partial charge in [-0.05, 0) is 12.1 Å². The van der Waals surface area contributed by atoms with E-state index in [0.717, 1.165) is 0 Å². The zero-order valence-corrected chi connectivity index (χ0v) is 11.0. The summed E-state index contributed by atoms with van der Waals surface area (Å²) in [7, 11) is 3.17. The van der Waals surface area contributed by atoms with Gasteiger partial charge in [-0.2, -0.15) is 0 Å². The third-order valence-corrected chi connectivity index (χ3v) is 3.41. The lowest BCUT2D eigenvalue weighted by Crippen LogP contribution is -2.30. The molecule has 0 radical (unpaired) electrons. The van der Waals surface area contributed by atoms with Gasteiger partial charge in [0.1, 0.15) is 12.2 Å². The van der Waals surface area contributed by atoms with Crippen LogP contribution < -0.4 is 5.73 Å². The molecule has 3 N–H and O–H groups in total. The Hall–Kier alpha value is -1.79. The van der Waals surface area contributed by atoms with E-state index in [1.54, 1.807) is 37.3 Å². The molecular formula is C13H18N2O4. The van der Waals surface area contributed by atoms with Crippen molar-refractivity contribution in [2.45, 2.75) is 12.2 Å². The number of amides is 1. The molecule has 1 aromatic rings. The van der Waals surface area contributed by atoms with Crippen LogP contribution in [0.3, 0.4) is 0 Å². The summed E-state index contributed by atoms with van der Waals surface area (Å²) in [5, 5.41) is 9.84. The number of hydrogen-bond donors (Lipinski definition) is 2. The molecule has 1 aliphatic rings. The van der Waals surface area contributed by atoms with Gasteiger partial charge in [-0.3, -0.25) is 4.79 Å². The molecule has 0 bridgehead atoms. The van der Waals surface area contributed by atoms with Crippen LogP contribution in [0.2, 0.25) is 0 Å². The van der Waals surface area contributed by atoms with Gasteiger partial charge in [-0.1, -0.05) is 6.07 Å². The van der Waals surface area contributed by atoms with Crippen LogP contribution >= 0.6 is 0 Å². The number of carbonyl (C=O) groups excluding carboxylic acids is 1. The predicted octanol–water partition coefficient (Wildman–Crippen LogP) is 0.460. The number of rotatable bonds is 3. The Labute approximate surface area is 111 Å². The molecule has 1 aromatic carbocycles. The van der Waals surface area contributed by atoms with Crippen molar-refractivity contribution in [2.24, 2.45) is 0 Å². The summed E-state index contributed by atoms with van der Waals surface area (Å²) in [6.07, 6.45) is -0.311. The van der Waals surface area contributed by atoms with Gasteiger partial charge in [0, 0.05) is 27.3 Å². The number of carbonyl (C=O) groups is 1. The summed E-state index contributed by atoms with van der Waals surface area (Å²) in [4.78, 5) is 13.9. The Bertz CT molecular complexity index is 466. The highest BCUT2D eigenvalue weighted by molar-refractivity contribution is 5.98. The fraction of sp³-hybridized carbons (Fsp3) is 0.462. The Kier molecular flexibility index (Phi) is 3.92. The van der Waals surface area contributed by atoms with Gasteiger partial charge in [0.25, 0.3) is 5.91 Å². The lowest BCUT2D eigenvalue weighted by Gasteiger charge is -2.17. The number of nitrogens with zero attached hydrogens (tertiary/aromatic N) is 1. The summed E-state index contributed by atoms with van der Waals surface area (Å²) in [6.45, 7) is 0.865. The average molecular weight is 266 g/mol. The molecule has 2 atom stereocenters. The largest absolute Gasteiger partial charge is 0.505 e. The first kappa shape index (κ1) is 13.6. The summed E-state index contributed by atoms with van der Waals surface area (Å²) < 4.78 is 10.6. The van der Waals surface area contributed by atoms with Crippen LogP contribution in [0.4, 0.5) is 5.69 Å². The average Bonchev–Trinajstić information content (AvgIpc) is 2.84. The Morgan fingerprint density at radius 2 is 1.89 bits per heavy atom. The van der Waals surface area contributed by atoms with Gasteiger partial charge in [0.05, 0.1) is 11.3 Å². The van der Waals surface area contributed by atoms with Crippen LogP contribution in [0, 0.1) is 0 Å². The first-order valence-electron chi connectivity index (χ1n) is 6.00. The number of nitrogens with two attached hydrogens (primary N) is 1. The van der Waals surface area contributed by atoms with E-state index in [2.05, 4.69) is 0 Å². The number of hydrogen-bond acceptors (Lipinski definition) is 5. The quantitative estimate of drug-likeness (QED) is 0.613. The molecule has 0 aliphatic carbocycles. The van der Waals surface area contributed by atoms with E-state index in [4.69, 9.17) is 15.2 Å². The third-order valence-electron chi connectivity index (χ3n) is 3.41. The van der Waals surface area contributed by atoms with Crippen molar-refractivity contribution in [1.29, 1.82) is 0 Å². The van der Waals surface area contributed by atoms with Crippen molar-refractivity contribution < 1.29 is 19.4 Å². The molecule has 6 nitrogen and oxygen atoms in total. The van der Waals surface area contributed by atoms with E-state index in [9.17, 15) is 9.90 Å². The number of aromatic hydroxyl groups is 1. The van der Waals surface area contributed by atoms with Gasteiger partial charge in [-0.25, -0.2) is 0 Å². The van der Waals surface area contributed by atoms with Gasteiger partial charge in [0.2, 0.25) is 0 Å². The summed E-state index contributed by atoms with van der Waals surface area (Å²) in [5.41, 5.74) is 5.99. The number of likely N-dealkylation sites (tertiary alicyclic amines) is 1. The Balaban J connectivity index is 2.19. The molecule has 6 heteroatoms. The van der Waals surface area contributed by atoms with Gasteiger partial charge < -0.3 is 25.2 Å². The molecule has 1 heterocycles. The van der Waals surface area contributed by atoms with Crippen molar-refractivity contribution in [3.8, 4) is 5.75 Å². The van der Waals surface area contributed by atoms with Crippen LogP contribution in [-0.2, 0) is 9.47 Å². The van der Waals surface area contributed by atoms with E-state index in [-0.39, 0.29) is 35.1 Å². The maximum Gasteiger partial charge on any atom is 0.257 e. The SMILES string of the molecule is COC1CN(C(=O)c2cccc(N)c2O)CC1OC. The first-order valence-corrected chi connectivity index (χ1v) is 6.00. The van der Waals surface area contributed by atoms with Crippen molar-refractivity contribution in [3.63, 3.8) is 0 Å². The highest BCUT2D eigenvalue weighted by atomic mass is 16.5. The van der Waals surface area contributed by atoms with Crippen LogP contribution in [0.5, 0.6) is 5.75 Å². The third kappa shape index (κ3) is 2.50. The second-order valence-corrected chi connectivity index (χ2v) is 4.50. The molecule has 0 saturated carbocycles. The maximum atomic E-state index is 12.3. The molecule has 2 unspecified atom stereocenters. The van der Waals surface area contributed by atoms with Crippen LogP contribution in [0.15, 0.2) is 18.2 Å². The lowest BCUT2D eigenvalue weighted by atomic mass is 10.1. The summed E-state index contributed by atoms with van der Waals surface area (Å²) in [5.74, 6) is -0.450. The maximum absolute atomic E-state index is 12.3. The molecule has 104 valence electrons. The smallest absolute Gasteiger partial charge is 0.257 e. The fourth-order valence-electron chi connectivity index (χ4n) is 2.27. The van der Waals surface area contributed by atoms with Crippen molar-refractivity contribution in [3.05, 3.63) is 23.8 Å². The number of phenols is 1. The minimum Gasteiger partial charge on any atom is -0.505 e. The molecule has 0 aromatic heterocycles. The van der Waals surface area contributed by atoms with Gasteiger partial charge >= 0.3 is 0 Å². The van der Waals surface area contributed by atoms with E-state index in [0.29, 0.717) is 13.1 Å². The molecule has 1 amide bonds. The molecule has 1 aliphatic heterocycles. The van der Waals surface area contributed by atoms with Crippen molar-refractivity contribution in [2.75, 3.05) is 33.0 Å². The first-order chi connectivity index (χ1) is 9.08. The molecule has 0 spiro atoms. The highest BCUT2D eigenvalue weighted by Crippen LogP contribution is 2.27. The zero-order valence-electron chi connectivity index (χ0n) is 11.0. The number of ether oxygens (including phenoxy) is 2. The molecule has 1 fully saturated rings. The second kappa shape index (κ2) is 5.46. The number of methoxy groups -OCH3 is 2. The minimum atomic E-state index is -0.272. The van der Waals surface area contributed by atoms with Crippen LogP contribution in [0.1, 0.15) is 10.4 Å². The summed E-state index contributed by atoms with van der Waals surface area (Å²) in [6, 6.07) is 4.74. The fourth-order valence-corrected chi connectivity index (χ4v) is 2.27. The van der Waals surface area contributed by atoms with Crippen molar-refractivity contribution in [1.82, 2.24) is 4.90 Å². The lowest BCUT2D eigenvalue weighted by molar-refractivity contribution is -0.00461. The van der Waals surface area contributed by atoms with Crippen LogP contribution in [0.25, 0.3) is 0 Å². The van der Waals surface area contributed by atoms with Gasteiger partial charge in [-0.15, -0.1) is 0 Å². The minimum absolute atomic E-state index is 0.155. The highest BCUT2D eigenvalue weighted by Gasteiger charge is 2.36. The number of nitrogen functional groups attached to an aromatic ring is 1. The molecular weight excluding hydrogens is 248 g/mol. The monoisotopic (exact) mass is 266 g/mol. The Morgan fingerprint density at radius 1 is 1.32 bits per heavy atom. The number of para-hydroxylation sites is 1. The number of phenolic OH excluding ortho intramolecular Hbond substituents is 1. The second-order valence-electron chi connectivity index (χ2n) is 4.50. The molecule has 2 rings (SSSR count). The van der Waals surface area contributed by atoms with Gasteiger partial charge in [0.15, 0.2) is 5.75 Å². The van der Waals surface area contributed by atoms with E-state index < -0.39 is 0 Å². The molecule has 1 saturated heterocycles. The number of benzene rings is 1. The van der Waals surface area contributed by atoms with E-state index in [1.165, 1.54) is 0 Å². The topological polar surface area (TPSA) is 85.0 Å². The Morgan fingerprint density at radius 3 is 2.42 bits per heavy atom. The normalized spacial score (nSPS) is 22.7. The van der Waals surface area contributed by atoms with E-state index >= 15 is 0 Å². The van der Waals surface area contributed by atoms with Crippen molar-refractivity contribution >= 4 is 11.6 Å². The van der Waals surface area contributed by atoms with E-state index in [1.807, 2.05) is 0 Å². The predicted molar refractivity (Wildman–Crippen MR) is 70.0 cm³/mol. The number of anilines is 1. The summed E-state index contributed by atoms with van der Waals surface area (Å²) >= 11 is 0.